The van der Waals surface area contributed by atoms with Gasteiger partial charge in [-0.15, -0.1) is 0 Å². The molecule has 29 heavy (non-hydrogen) atoms. The van der Waals surface area contributed by atoms with Crippen molar-refractivity contribution in [2.75, 3.05) is 32.7 Å². The first-order valence-corrected chi connectivity index (χ1v) is 9.84. The Morgan fingerprint density at radius 3 is 2.52 bits per heavy atom. The number of carbonyl (C=O) groups excluding carboxylic acids is 1. The number of alkyl halides is 2. The fourth-order valence-corrected chi connectivity index (χ4v) is 3.71. The van der Waals surface area contributed by atoms with E-state index in [9.17, 15) is 13.6 Å². The molecule has 8 heteroatoms. The van der Waals surface area contributed by atoms with Gasteiger partial charge in [0.05, 0.1) is 44.6 Å². The van der Waals surface area contributed by atoms with Gasteiger partial charge in [-0.25, -0.2) is 18.3 Å². The minimum atomic E-state index is -2.73. The maximum atomic E-state index is 13.7. The maximum absolute atomic E-state index is 13.7. The number of halogens is 2. The fourth-order valence-electron chi connectivity index (χ4n) is 3.71. The highest BCUT2D eigenvalue weighted by atomic mass is 19.3. The van der Waals surface area contributed by atoms with Crippen LogP contribution < -0.4 is 4.90 Å². The molecule has 0 bridgehead atoms. The van der Waals surface area contributed by atoms with Gasteiger partial charge >= 0.3 is 0 Å². The van der Waals surface area contributed by atoms with E-state index in [-0.39, 0.29) is 22.8 Å². The van der Waals surface area contributed by atoms with Crippen molar-refractivity contribution >= 4 is 11.6 Å². The average Bonchev–Trinajstić information content (AvgIpc) is 3.17. The van der Waals surface area contributed by atoms with Crippen LogP contribution in [0, 0.1) is 6.92 Å². The Bertz CT molecular complexity index is 1020. The molecule has 1 saturated heterocycles. The summed E-state index contributed by atoms with van der Waals surface area (Å²) in [5.41, 5.74) is 2.36. The van der Waals surface area contributed by atoms with Crippen LogP contribution >= 0.6 is 0 Å². The molecule has 3 heterocycles. The summed E-state index contributed by atoms with van der Waals surface area (Å²) in [7, 11) is 0. The fraction of sp³-hybridized carbons (Fsp3) is 0.381. The van der Waals surface area contributed by atoms with Crippen LogP contribution in [0.3, 0.4) is 0 Å². The Kier molecular flexibility index (Phi) is 5.27. The zero-order chi connectivity index (χ0) is 20.5. The predicted octanol–water partition coefficient (Wildman–Crippen LogP) is 2.00. The van der Waals surface area contributed by atoms with Gasteiger partial charge in [-0.2, -0.15) is 5.10 Å². The summed E-state index contributed by atoms with van der Waals surface area (Å²) in [4.78, 5) is 20.8. The van der Waals surface area contributed by atoms with Crippen LogP contribution in [0.25, 0.3) is 16.9 Å². The second kappa shape index (κ2) is 7.87. The first-order valence-electron chi connectivity index (χ1n) is 9.84. The van der Waals surface area contributed by atoms with Gasteiger partial charge in [0.2, 0.25) is 0 Å². The molecule has 0 spiro atoms. The van der Waals surface area contributed by atoms with Gasteiger partial charge < -0.3 is 9.80 Å². The van der Waals surface area contributed by atoms with E-state index in [1.165, 1.54) is 17.2 Å². The highest BCUT2D eigenvalue weighted by molar-refractivity contribution is 6.00. The summed E-state index contributed by atoms with van der Waals surface area (Å²) in [6, 6.07) is 8.83. The molecule has 1 aliphatic heterocycles. The smallest absolute Gasteiger partial charge is 0.280 e. The summed E-state index contributed by atoms with van der Waals surface area (Å²) in [6.07, 6.45) is -1.38. The number of nitrogens with zero attached hydrogens (tertiary/aromatic N) is 4. The van der Waals surface area contributed by atoms with E-state index in [0.717, 1.165) is 35.3 Å². The topological polar surface area (TPSA) is 54.9 Å². The lowest BCUT2D eigenvalue weighted by Crippen LogP contribution is -3.14. The first-order chi connectivity index (χ1) is 14.0. The zero-order valence-corrected chi connectivity index (χ0v) is 16.5. The molecular weight excluding hydrogens is 376 g/mol. The number of aryl methyl sites for hydroxylation is 1. The Balaban J connectivity index is 1.75. The maximum Gasteiger partial charge on any atom is 0.280 e. The van der Waals surface area contributed by atoms with Crippen molar-refractivity contribution in [3.8, 4) is 11.3 Å². The van der Waals surface area contributed by atoms with Crippen LogP contribution in [-0.4, -0.2) is 58.1 Å². The van der Waals surface area contributed by atoms with Crippen LogP contribution in [0.4, 0.5) is 8.78 Å². The van der Waals surface area contributed by atoms with E-state index in [0.29, 0.717) is 18.8 Å². The number of nitrogens with one attached hydrogen (secondary N) is 1. The number of rotatable bonds is 4. The molecule has 0 aliphatic carbocycles. The predicted molar refractivity (Wildman–Crippen MR) is 105 cm³/mol. The van der Waals surface area contributed by atoms with Gasteiger partial charge in [-0.3, -0.25) is 4.79 Å². The molecule has 0 atom stereocenters. The van der Waals surface area contributed by atoms with Crippen molar-refractivity contribution in [3.63, 3.8) is 0 Å². The monoisotopic (exact) mass is 400 g/mol. The minimum Gasteiger partial charge on any atom is -0.332 e. The van der Waals surface area contributed by atoms with Gasteiger partial charge in [-0.05, 0) is 19.9 Å². The standard InChI is InChI=1S/C21H23F2N5O/c1-3-26-8-10-27(11-9-26)21(29)16-13-24-28-18(19(22)23)12-17(25-20(16)28)15-6-4-14(2)5-7-15/h4-7,12-13,19H,3,8-11H2,1-2H3/p+1. The van der Waals surface area contributed by atoms with Crippen molar-refractivity contribution in [1.82, 2.24) is 19.5 Å². The Hall–Kier alpha value is -2.87. The molecule has 0 saturated carbocycles. The minimum absolute atomic E-state index is 0.175. The van der Waals surface area contributed by atoms with E-state index >= 15 is 0 Å². The number of hydrogen-bond donors (Lipinski definition) is 1. The van der Waals surface area contributed by atoms with Crippen LogP contribution in [0.15, 0.2) is 36.5 Å². The van der Waals surface area contributed by atoms with E-state index in [1.54, 1.807) is 4.90 Å². The molecular formula is C21H24F2N5O+. The summed E-state index contributed by atoms with van der Waals surface area (Å²) < 4.78 is 28.5. The normalized spacial score (nSPS) is 15.4. The molecule has 1 N–H and O–H groups in total. The van der Waals surface area contributed by atoms with Gasteiger partial charge in [0, 0.05) is 5.56 Å². The number of quaternary nitrogens is 1. The molecule has 1 amide bonds. The van der Waals surface area contributed by atoms with Crippen LogP contribution in [-0.2, 0) is 0 Å². The molecule has 0 unspecified atom stereocenters. The second-order valence-electron chi connectivity index (χ2n) is 7.42. The van der Waals surface area contributed by atoms with Crippen molar-refractivity contribution in [3.05, 3.63) is 53.3 Å². The summed E-state index contributed by atoms with van der Waals surface area (Å²) in [5, 5.41) is 4.06. The SMILES string of the molecule is CC[NH+]1CCN(C(=O)c2cnn3c(C(F)F)cc(-c4ccc(C)cc4)nc23)CC1. The van der Waals surface area contributed by atoms with Crippen LogP contribution in [0.5, 0.6) is 0 Å². The lowest BCUT2D eigenvalue weighted by Gasteiger charge is -2.31. The summed E-state index contributed by atoms with van der Waals surface area (Å²) >= 11 is 0. The molecule has 2 aromatic heterocycles. The third-order valence-electron chi connectivity index (χ3n) is 5.56. The number of hydrogen-bond acceptors (Lipinski definition) is 3. The number of aromatic nitrogens is 3. The summed E-state index contributed by atoms with van der Waals surface area (Å²) in [6.45, 7) is 8.14. The number of fused-ring (bicyclic) bond motifs is 1. The van der Waals surface area contributed by atoms with Crippen LogP contribution in [0.2, 0.25) is 0 Å². The van der Waals surface area contributed by atoms with Crippen LogP contribution in [0.1, 0.15) is 35.0 Å². The number of piperazine rings is 1. The molecule has 0 radical (unpaired) electrons. The number of benzene rings is 1. The Morgan fingerprint density at radius 2 is 1.90 bits per heavy atom. The van der Waals surface area contributed by atoms with Crippen molar-refractivity contribution < 1.29 is 18.5 Å². The number of carbonyl (C=O) groups is 1. The molecule has 1 aromatic carbocycles. The third kappa shape index (κ3) is 3.72. The highest BCUT2D eigenvalue weighted by Gasteiger charge is 2.28. The van der Waals surface area contributed by atoms with E-state index in [4.69, 9.17) is 0 Å². The summed E-state index contributed by atoms with van der Waals surface area (Å²) in [5.74, 6) is -0.205. The second-order valence-corrected chi connectivity index (χ2v) is 7.42. The molecule has 1 fully saturated rings. The van der Waals surface area contributed by atoms with Gasteiger partial charge in [-0.1, -0.05) is 29.8 Å². The first kappa shape index (κ1) is 19.4. The quantitative estimate of drug-likeness (QED) is 0.729. The zero-order valence-electron chi connectivity index (χ0n) is 16.5. The lowest BCUT2D eigenvalue weighted by atomic mass is 10.1. The molecule has 4 rings (SSSR count). The third-order valence-corrected chi connectivity index (χ3v) is 5.56. The van der Waals surface area contributed by atoms with Crippen molar-refractivity contribution in [2.45, 2.75) is 20.3 Å². The van der Waals surface area contributed by atoms with Gasteiger partial charge in [0.25, 0.3) is 12.3 Å². The lowest BCUT2D eigenvalue weighted by molar-refractivity contribution is -0.902. The average molecular weight is 400 g/mol. The Labute approximate surface area is 167 Å². The van der Waals surface area contributed by atoms with Crippen molar-refractivity contribution in [1.29, 1.82) is 0 Å². The number of likely N-dealkylation sites (N-methyl/N-ethyl adjacent to an activating group) is 1. The number of amides is 1. The van der Waals surface area contributed by atoms with Gasteiger partial charge in [0.1, 0.15) is 11.3 Å². The highest BCUT2D eigenvalue weighted by Crippen LogP contribution is 2.27. The van der Waals surface area contributed by atoms with Crippen molar-refractivity contribution in [2.24, 2.45) is 0 Å². The molecule has 3 aromatic rings. The van der Waals surface area contributed by atoms with E-state index in [2.05, 4.69) is 17.0 Å². The molecule has 1 aliphatic rings. The van der Waals surface area contributed by atoms with E-state index in [1.807, 2.05) is 31.2 Å². The van der Waals surface area contributed by atoms with E-state index < -0.39 is 6.43 Å². The molecule has 6 nitrogen and oxygen atoms in total. The largest absolute Gasteiger partial charge is 0.332 e. The molecule has 152 valence electrons. The van der Waals surface area contributed by atoms with Gasteiger partial charge in [0.15, 0.2) is 5.65 Å². The Morgan fingerprint density at radius 1 is 1.21 bits per heavy atom.